The minimum Gasteiger partial charge on any atom is -0.481 e. The number of aliphatic carboxylic acids is 1. The molecule has 3 atom stereocenters. The van der Waals surface area contributed by atoms with Gasteiger partial charge in [0.15, 0.2) is 0 Å². The van der Waals surface area contributed by atoms with Gasteiger partial charge in [0.25, 0.3) is 5.91 Å². The number of nitrogens with one attached hydrogen (secondary N) is 1. The van der Waals surface area contributed by atoms with Crippen LogP contribution in [0.15, 0.2) is 53.4 Å². The molecule has 47 heavy (non-hydrogen) atoms. The zero-order valence-corrected chi connectivity index (χ0v) is 28.3. The molecule has 2 unspecified atom stereocenters. The van der Waals surface area contributed by atoms with Crippen LogP contribution in [0, 0.1) is 23.6 Å². The highest BCUT2D eigenvalue weighted by Crippen LogP contribution is 2.37. The number of halogens is 2. The molecule has 2 N–H and O–H groups in total. The summed E-state index contributed by atoms with van der Waals surface area (Å²) in [5.41, 5.74) is 2.23. The zero-order valence-electron chi connectivity index (χ0n) is 26.7. The van der Waals surface area contributed by atoms with Gasteiger partial charge in [0.2, 0.25) is 5.91 Å². The Labute approximate surface area is 284 Å². The maximum atomic E-state index is 15.5. The summed E-state index contributed by atoms with van der Waals surface area (Å²) in [4.78, 5) is 40.2. The van der Waals surface area contributed by atoms with Crippen LogP contribution in [0.25, 0.3) is 10.1 Å². The molecule has 3 aliphatic rings. The van der Waals surface area contributed by atoms with Crippen molar-refractivity contribution in [3.8, 4) is 0 Å². The summed E-state index contributed by atoms with van der Waals surface area (Å²) in [5, 5.41) is 14.8. The predicted octanol–water partition coefficient (Wildman–Crippen LogP) is 8.50. The van der Waals surface area contributed by atoms with Gasteiger partial charge < -0.3 is 20.1 Å². The molecule has 7 nitrogen and oxygen atoms in total. The van der Waals surface area contributed by atoms with Crippen LogP contribution in [0.4, 0.5) is 10.1 Å². The van der Waals surface area contributed by atoms with Gasteiger partial charge in [0, 0.05) is 22.0 Å². The molecular weight excluding hydrogens is 639 g/mol. The smallest absolute Gasteiger partial charge is 0.306 e. The van der Waals surface area contributed by atoms with Gasteiger partial charge in [0.05, 0.1) is 47.4 Å². The summed E-state index contributed by atoms with van der Waals surface area (Å²) in [7, 11) is 0. The van der Waals surface area contributed by atoms with Gasteiger partial charge in [-0.3, -0.25) is 14.4 Å². The number of amides is 2. The fourth-order valence-electron chi connectivity index (χ4n) is 7.47. The van der Waals surface area contributed by atoms with Crippen LogP contribution >= 0.6 is 22.9 Å². The lowest BCUT2D eigenvalue weighted by atomic mass is 9.87. The van der Waals surface area contributed by atoms with E-state index in [9.17, 15) is 19.5 Å². The van der Waals surface area contributed by atoms with E-state index in [-0.39, 0.29) is 58.5 Å². The normalized spacial score (nSPS) is 25.0. The number of carbonyl (C=O) groups is 3. The fourth-order valence-corrected chi connectivity index (χ4v) is 8.64. The lowest BCUT2D eigenvalue weighted by molar-refractivity contribution is -0.144. The molecule has 0 bridgehead atoms. The molecule has 250 valence electrons. The third-order valence-corrected chi connectivity index (χ3v) is 11.4. The van der Waals surface area contributed by atoms with Crippen molar-refractivity contribution in [2.24, 2.45) is 17.8 Å². The first kappa shape index (κ1) is 33.6. The molecule has 0 spiro atoms. The number of anilines is 1. The van der Waals surface area contributed by atoms with Crippen molar-refractivity contribution in [3.05, 3.63) is 75.4 Å². The van der Waals surface area contributed by atoms with Crippen LogP contribution in [0.1, 0.15) is 80.6 Å². The topological polar surface area (TPSA) is 95.9 Å². The van der Waals surface area contributed by atoms with Gasteiger partial charge in [-0.05, 0) is 87.0 Å². The molecule has 0 radical (unpaired) electrons. The number of rotatable bonds is 9. The Balaban J connectivity index is 1.14. The molecule has 2 amide bonds. The summed E-state index contributed by atoms with van der Waals surface area (Å²) in [6, 6.07) is 10.1. The number of carboxylic acids is 1. The molecule has 1 saturated heterocycles. The standard InChI is InChI=1S/C37H42ClFN2O5S/c1-22-6-2-3-7-24(14-22)26-15-27(20-46-28-12-10-23(11-13-28)37(44)45)41(19-26)35(42)17-25-16-31(38)33(18-32(25)39)40-36(43)30-21-47-34-9-5-4-8-29(30)34/h4-5,8-9,14,16,18,21-23,26-28H,2-3,6-7,10-13,15,17,19-20H2,1H3,(H,40,43)(H,44,45)/t22?,23?,26?,27-,28?/m0/s1. The van der Waals surface area contributed by atoms with Gasteiger partial charge in [-0.25, -0.2) is 4.39 Å². The number of benzene rings is 2. The first-order valence-electron chi connectivity index (χ1n) is 16.8. The van der Waals surface area contributed by atoms with Crippen molar-refractivity contribution >= 4 is 56.5 Å². The number of carboxylic acid groups (broad SMARTS) is 1. The van der Waals surface area contributed by atoms with Crippen LogP contribution < -0.4 is 5.32 Å². The summed E-state index contributed by atoms with van der Waals surface area (Å²) in [6.07, 6.45) is 10.1. The number of hydrogen-bond donors (Lipinski definition) is 2. The number of ether oxygens (including phenoxy) is 1. The molecule has 6 rings (SSSR count). The second-order valence-corrected chi connectivity index (χ2v) is 14.8. The van der Waals surface area contributed by atoms with E-state index in [1.54, 1.807) is 5.38 Å². The molecule has 1 aromatic heterocycles. The highest BCUT2D eigenvalue weighted by Gasteiger charge is 2.38. The van der Waals surface area contributed by atoms with E-state index in [4.69, 9.17) is 16.3 Å². The minimum absolute atomic E-state index is 0.0233. The summed E-state index contributed by atoms with van der Waals surface area (Å²) < 4.78 is 22.8. The molecule has 2 aromatic carbocycles. The SMILES string of the molecule is CC1C=C(C2C[C@@H](COC3CCC(C(=O)O)CC3)N(C(=O)Cc3cc(Cl)c(NC(=O)c4csc5ccccc45)cc3F)C2)CCCC1. The van der Waals surface area contributed by atoms with E-state index in [1.165, 1.54) is 41.9 Å². The van der Waals surface area contributed by atoms with Crippen molar-refractivity contribution in [1.29, 1.82) is 0 Å². The quantitative estimate of drug-likeness (QED) is 0.221. The van der Waals surface area contributed by atoms with Crippen molar-refractivity contribution in [3.63, 3.8) is 0 Å². The van der Waals surface area contributed by atoms with E-state index in [0.29, 0.717) is 50.3 Å². The van der Waals surface area contributed by atoms with Crippen LogP contribution in [-0.4, -0.2) is 53.1 Å². The van der Waals surface area contributed by atoms with E-state index >= 15 is 4.39 Å². The Hall–Kier alpha value is -3.27. The maximum Gasteiger partial charge on any atom is 0.306 e. The molecular formula is C37H42ClFN2O5S. The number of likely N-dealkylation sites (tertiary alicyclic amines) is 1. The lowest BCUT2D eigenvalue weighted by Gasteiger charge is -2.30. The Morgan fingerprint density at radius 1 is 1.11 bits per heavy atom. The number of allylic oxidation sites excluding steroid dienone is 1. The zero-order chi connectivity index (χ0) is 33.1. The summed E-state index contributed by atoms with van der Waals surface area (Å²) in [5.74, 6) is -1.49. The number of hydrogen-bond acceptors (Lipinski definition) is 5. The first-order valence-corrected chi connectivity index (χ1v) is 18.0. The monoisotopic (exact) mass is 680 g/mol. The maximum absolute atomic E-state index is 15.5. The molecule has 2 heterocycles. The Morgan fingerprint density at radius 2 is 1.89 bits per heavy atom. The van der Waals surface area contributed by atoms with E-state index in [0.717, 1.165) is 29.3 Å². The average molecular weight is 681 g/mol. The minimum atomic E-state index is -0.747. The highest BCUT2D eigenvalue weighted by atomic mass is 35.5. The molecule has 3 aromatic rings. The van der Waals surface area contributed by atoms with Crippen LogP contribution in [0.2, 0.25) is 5.02 Å². The second-order valence-electron chi connectivity index (χ2n) is 13.4. The largest absolute Gasteiger partial charge is 0.481 e. The van der Waals surface area contributed by atoms with Gasteiger partial charge in [-0.2, -0.15) is 0 Å². The molecule has 2 aliphatic carbocycles. The van der Waals surface area contributed by atoms with Crippen molar-refractivity contribution in [2.45, 2.75) is 83.3 Å². The van der Waals surface area contributed by atoms with Crippen LogP contribution in [-0.2, 0) is 20.7 Å². The van der Waals surface area contributed by atoms with Crippen LogP contribution in [0.3, 0.4) is 0 Å². The Morgan fingerprint density at radius 3 is 2.68 bits per heavy atom. The second kappa shape index (κ2) is 14.9. The van der Waals surface area contributed by atoms with Crippen molar-refractivity contribution in [1.82, 2.24) is 4.90 Å². The third kappa shape index (κ3) is 7.90. The summed E-state index contributed by atoms with van der Waals surface area (Å²) >= 11 is 8.01. The molecule has 1 aliphatic heterocycles. The van der Waals surface area contributed by atoms with Crippen molar-refractivity contribution < 1.29 is 28.6 Å². The van der Waals surface area contributed by atoms with Gasteiger partial charge >= 0.3 is 5.97 Å². The first-order chi connectivity index (χ1) is 22.7. The number of thiophene rings is 1. The van der Waals surface area contributed by atoms with Gasteiger partial charge in [-0.15, -0.1) is 11.3 Å². The van der Waals surface area contributed by atoms with Crippen molar-refractivity contribution in [2.75, 3.05) is 18.5 Å². The summed E-state index contributed by atoms with van der Waals surface area (Å²) in [6.45, 7) is 3.19. The fraction of sp³-hybridized carbons (Fsp3) is 0.486. The van der Waals surface area contributed by atoms with Gasteiger partial charge in [-0.1, -0.05) is 54.8 Å². The molecule has 1 saturated carbocycles. The Kier molecular flexibility index (Phi) is 10.6. The lowest BCUT2D eigenvalue weighted by Crippen LogP contribution is -2.40. The predicted molar refractivity (Wildman–Crippen MR) is 184 cm³/mol. The Bertz CT molecular complexity index is 1670. The number of fused-ring (bicyclic) bond motifs is 1. The molecule has 10 heteroatoms. The van der Waals surface area contributed by atoms with E-state index < -0.39 is 11.8 Å². The van der Waals surface area contributed by atoms with Crippen LogP contribution in [0.5, 0.6) is 0 Å². The molecule has 2 fully saturated rings. The van der Waals surface area contributed by atoms with E-state index in [2.05, 4.69) is 18.3 Å². The number of carbonyl (C=O) groups excluding carboxylic acids is 2. The average Bonchev–Trinajstić information content (AvgIpc) is 3.62. The van der Waals surface area contributed by atoms with Gasteiger partial charge in [0.1, 0.15) is 5.82 Å². The third-order valence-electron chi connectivity index (χ3n) is 10.1. The number of nitrogens with zero attached hydrogens (tertiary/aromatic N) is 1. The van der Waals surface area contributed by atoms with E-state index in [1.807, 2.05) is 29.2 Å². The highest BCUT2D eigenvalue weighted by molar-refractivity contribution is 7.17.